The fraction of sp³-hybridized carbons (Fsp3) is 0.500. The number of ether oxygens (including phenoxy) is 3. The zero-order valence-corrected chi connectivity index (χ0v) is 19.1. The first-order valence-electron chi connectivity index (χ1n) is 11.0. The number of hydrogen-bond acceptors (Lipinski definition) is 5. The Morgan fingerprint density at radius 2 is 1.94 bits per heavy atom. The maximum atomic E-state index is 13.8. The lowest BCUT2D eigenvalue weighted by Crippen LogP contribution is -2.18. The van der Waals surface area contributed by atoms with Gasteiger partial charge in [-0.25, -0.2) is 4.39 Å². The minimum Gasteiger partial charge on any atom is -0.487 e. The van der Waals surface area contributed by atoms with Crippen LogP contribution in [-0.2, 0) is 16.1 Å². The van der Waals surface area contributed by atoms with E-state index in [1.165, 1.54) is 12.3 Å². The Labute approximate surface area is 195 Å². The van der Waals surface area contributed by atoms with Gasteiger partial charge in [0.1, 0.15) is 12.4 Å². The smallest absolute Gasteiger partial charge is 0.487 e. The molecule has 1 heterocycles. The molecule has 0 radical (unpaired) electrons. The molecule has 0 spiro atoms. The largest absolute Gasteiger partial charge is 0.573 e. The highest BCUT2D eigenvalue weighted by Crippen LogP contribution is 2.27. The number of nitrogens with zero attached hydrogens (tertiary/aromatic N) is 1. The van der Waals surface area contributed by atoms with Crippen LogP contribution in [0.2, 0.25) is 0 Å². The van der Waals surface area contributed by atoms with Crippen molar-refractivity contribution in [2.45, 2.75) is 70.9 Å². The predicted octanol–water partition coefficient (Wildman–Crippen LogP) is 6.24. The lowest BCUT2D eigenvalue weighted by molar-refractivity contribution is -0.275. The number of carboxylic acids is 1. The standard InChI is InChI=1S/C24H29F4NO5/c1-3-19(7-9-23(30)31)32-10-4-5-16(2)18-12-20(14-29-13-18)33-15-17-6-8-22(21(25)11-17)34-24(26,27)28/h6,8,11-14,16,19H,3-5,7,9-10,15H2,1-2H3,(H,30,31)/t16?,19-/m1/s1. The second-order valence-corrected chi connectivity index (χ2v) is 7.93. The Morgan fingerprint density at radius 3 is 2.59 bits per heavy atom. The third-order valence-electron chi connectivity index (χ3n) is 5.20. The minimum atomic E-state index is -4.97. The molecule has 0 bridgehead atoms. The van der Waals surface area contributed by atoms with E-state index >= 15 is 0 Å². The van der Waals surface area contributed by atoms with E-state index in [1.807, 2.05) is 19.9 Å². The van der Waals surface area contributed by atoms with Crippen molar-refractivity contribution in [1.29, 1.82) is 0 Å². The maximum absolute atomic E-state index is 13.8. The zero-order valence-electron chi connectivity index (χ0n) is 19.1. The molecule has 188 valence electrons. The molecule has 1 unspecified atom stereocenters. The lowest BCUT2D eigenvalue weighted by atomic mass is 9.98. The summed E-state index contributed by atoms with van der Waals surface area (Å²) in [5.41, 5.74) is 1.28. The molecule has 0 aliphatic heterocycles. The van der Waals surface area contributed by atoms with E-state index in [-0.39, 0.29) is 25.0 Å². The van der Waals surface area contributed by atoms with Crippen LogP contribution in [0.5, 0.6) is 11.5 Å². The first kappa shape index (κ1) is 27.4. The van der Waals surface area contributed by atoms with Gasteiger partial charge < -0.3 is 19.3 Å². The van der Waals surface area contributed by atoms with Crippen molar-refractivity contribution >= 4 is 5.97 Å². The van der Waals surface area contributed by atoms with Crippen LogP contribution in [0.4, 0.5) is 17.6 Å². The molecule has 2 aromatic rings. The Hall–Kier alpha value is -2.88. The first-order valence-corrected chi connectivity index (χ1v) is 11.0. The van der Waals surface area contributed by atoms with Crippen LogP contribution >= 0.6 is 0 Å². The summed E-state index contributed by atoms with van der Waals surface area (Å²) in [6.07, 6.45) is 1.16. The van der Waals surface area contributed by atoms with Crippen LogP contribution in [0.25, 0.3) is 0 Å². The number of benzene rings is 1. The molecular weight excluding hydrogens is 458 g/mol. The van der Waals surface area contributed by atoms with Gasteiger partial charge in [0.15, 0.2) is 11.6 Å². The molecule has 10 heteroatoms. The Balaban J connectivity index is 1.82. The maximum Gasteiger partial charge on any atom is 0.573 e. The Kier molecular flexibility index (Phi) is 10.6. The molecule has 0 fully saturated rings. The topological polar surface area (TPSA) is 77.9 Å². The number of pyridine rings is 1. The van der Waals surface area contributed by atoms with E-state index in [4.69, 9.17) is 14.6 Å². The number of carbonyl (C=O) groups is 1. The van der Waals surface area contributed by atoms with Crippen molar-refractivity contribution in [2.75, 3.05) is 6.61 Å². The summed E-state index contributed by atoms with van der Waals surface area (Å²) in [6, 6.07) is 4.95. The van der Waals surface area contributed by atoms with E-state index in [0.29, 0.717) is 24.3 Å². The summed E-state index contributed by atoms with van der Waals surface area (Å²) in [5, 5.41) is 8.78. The molecule has 0 aliphatic rings. The summed E-state index contributed by atoms with van der Waals surface area (Å²) < 4.78 is 65.6. The number of aromatic nitrogens is 1. The van der Waals surface area contributed by atoms with Gasteiger partial charge in [-0.1, -0.05) is 19.9 Å². The summed E-state index contributed by atoms with van der Waals surface area (Å²) in [4.78, 5) is 14.9. The number of rotatable bonds is 14. The van der Waals surface area contributed by atoms with Gasteiger partial charge >= 0.3 is 12.3 Å². The van der Waals surface area contributed by atoms with E-state index in [9.17, 15) is 22.4 Å². The number of aliphatic carboxylic acids is 1. The van der Waals surface area contributed by atoms with Crippen LogP contribution in [0.3, 0.4) is 0 Å². The summed E-state index contributed by atoms with van der Waals surface area (Å²) in [7, 11) is 0. The molecule has 0 aliphatic carbocycles. The normalized spacial score (nSPS) is 13.4. The van der Waals surface area contributed by atoms with Crippen molar-refractivity contribution in [3.05, 3.63) is 53.6 Å². The van der Waals surface area contributed by atoms with Crippen molar-refractivity contribution in [2.24, 2.45) is 0 Å². The summed E-state index contributed by atoms with van der Waals surface area (Å²) >= 11 is 0. The quantitative estimate of drug-likeness (QED) is 0.251. The third-order valence-corrected chi connectivity index (χ3v) is 5.20. The molecule has 0 saturated heterocycles. The van der Waals surface area contributed by atoms with Gasteiger partial charge in [-0.05, 0) is 60.9 Å². The fourth-order valence-electron chi connectivity index (χ4n) is 3.29. The van der Waals surface area contributed by atoms with Gasteiger partial charge in [0.05, 0.1) is 12.3 Å². The van der Waals surface area contributed by atoms with Gasteiger partial charge in [-0.2, -0.15) is 0 Å². The second kappa shape index (κ2) is 13.1. The van der Waals surface area contributed by atoms with Gasteiger partial charge in [-0.3, -0.25) is 9.78 Å². The highest BCUT2D eigenvalue weighted by molar-refractivity contribution is 5.66. The molecule has 6 nitrogen and oxygen atoms in total. The highest BCUT2D eigenvalue weighted by Gasteiger charge is 2.32. The molecule has 0 saturated carbocycles. The van der Waals surface area contributed by atoms with Gasteiger partial charge in [-0.15, -0.1) is 13.2 Å². The van der Waals surface area contributed by atoms with Crippen LogP contribution in [0, 0.1) is 5.82 Å². The Bertz CT molecular complexity index is 922. The SMILES string of the molecule is CC[C@H](CCC(=O)O)OCCCC(C)c1cncc(OCc2ccc(OC(F)(F)F)c(F)c2)c1. The number of carboxylic acid groups (broad SMARTS) is 1. The third kappa shape index (κ3) is 9.94. The Morgan fingerprint density at radius 1 is 1.18 bits per heavy atom. The predicted molar refractivity (Wildman–Crippen MR) is 116 cm³/mol. The van der Waals surface area contributed by atoms with Crippen molar-refractivity contribution < 1.29 is 41.7 Å². The molecule has 2 atom stereocenters. The van der Waals surface area contributed by atoms with Crippen LogP contribution < -0.4 is 9.47 Å². The monoisotopic (exact) mass is 487 g/mol. The molecule has 2 rings (SSSR count). The first-order chi connectivity index (χ1) is 16.1. The second-order valence-electron chi connectivity index (χ2n) is 7.93. The summed E-state index contributed by atoms with van der Waals surface area (Å²) in [5.74, 6) is -2.24. The van der Waals surface area contributed by atoms with Gasteiger partial charge in [0.25, 0.3) is 0 Å². The highest BCUT2D eigenvalue weighted by atomic mass is 19.4. The molecule has 1 N–H and O–H groups in total. The summed E-state index contributed by atoms with van der Waals surface area (Å²) in [6.45, 7) is 4.49. The number of alkyl halides is 3. The zero-order chi connectivity index (χ0) is 25.1. The van der Waals surface area contributed by atoms with E-state index in [1.54, 1.807) is 6.20 Å². The number of halogens is 4. The van der Waals surface area contributed by atoms with Crippen LogP contribution in [0.15, 0.2) is 36.7 Å². The molecule has 1 aromatic carbocycles. The lowest BCUT2D eigenvalue weighted by Gasteiger charge is -2.17. The molecule has 1 aromatic heterocycles. The molecule has 34 heavy (non-hydrogen) atoms. The van der Waals surface area contributed by atoms with E-state index < -0.39 is 23.9 Å². The van der Waals surface area contributed by atoms with E-state index in [0.717, 1.165) is 37.0 Å². The number of hydrogen-bond donors (Lipinski definition) is 1. The molecular formula is C24H29F4NO5. The molecule has 0 amide bonds. The van der Waals surface area contributed by atoms with Gasteiger partial charge in [0, 0.05) is 19.2 Å². The van der Waals surface area contributed by atoms with Crippen LogP contribution in [-0.4, -0.2) is 35.1 Å². The van der Waals surface area contributed by atoms with Crippen molar-refractivity contribution in [3.8, 4) is 11.5 Å². The van der Waals surface area contributed by atoms with E-state index in [2.05, 4.69) is 9.72 Å². The van der Waals surface area contributed by atoms with Gasteiger partial charge in [0.2, 0.25) is 0 Å². The minimum absolute atomic E-state index is 0.0503. The van der Waals surface area contributed by atoms with Crippen molar-refractivity contribution in [3.63, 3.8) is 0 Å². The average Bonchev–Trinajstić information content (AvgIpc) is 2.78. The van der Waals surface area contributed by atoms with Crippen LogP contribution in [0.1, 0.15) is 63.0 Å². The average molecular weight is 487 g/mol. The fourth-order valence-corrected chi connectivity index (χ4v) is 3.29. The van der Waals surface area contributed by atoms with Crippen molar-refractivity contribution in [1.82, 2.24) is 4.98 Å².